The van der Waals surface area contributed by atoms with Crippen molar-refractivity contribution in [3.05, 3.63) is 29.2 Å². The third-order valence-corrected chi connectivity index (χ3v) is 4.39. The minimum atomic E-state index is 0.00187. The average Bonchev–Trinajstić information content (AvgIpc) is 3.20. The van der Waals surface area contributed by atoms with Crippen molar-refractivity contribution in [3.63, 3.8) is 0 Å². The van der Waals surface area contributed by atoms with Crippen LogP contribution in [0.2, 0.25) is 0 Å². The van der Waals surface area contributed by atoms with Crippen LogP contribution in [0.3, 0.4) is 0 Å². The normalized spacial score (nSPS) is 17.9. The Morgan fingerprint density at radius 1 is 1.44 bits per heavy atom. The Labute approximate surface area is 147 Å². The Hall–Kier alpha value is -2.22. The standard InChI is InChI=1S/C17H25N5O3/c1-4-24-9-8-22-15(10-12(2)19-22)17(23)21-7-5-6-14(11-21)16-18-13(3)25-20-16/h10,14H,4-9,11H2,1-3H3/t14-/m0/s1. The number of likely N-dealkylation sites (tertiary alicyclic amines) is 1. The van der Waals surface area contributed by atoms with Gasteiger partial charge in [-0.2, -0.15) is 10.1 Å². The Balaban J connectivity index is 1.72. The summed E-state index contributed by atoms with van der Waals surface area (Å²) in [5.74, 6) is 1.37. The van der Waals surface area contributed by atoms with Gasteiger partial charge in [0.1, 0.15) is 5.69 Å². The number of amides is 1. The van der Waals surface area contributed by atoms with Crippen molar-refractivity contribution in [1.29, 1.82) is 0 Å². The van der Waals surface area contributed by atoms with Crippen molar-refractivity contribution in [2.45, 2.75) is 46.1 Å². The molecule has 2 aromatic rings. The maximum Gasteiger partial charge on any atom is 0.272 e. The van der Waals surface area contributed by atoms with Gasteiger partial charge in [0.15, 0.2) is 5.82 Å². The molecule has 0 saturated carbocycles. The van der Waals surface area contributed by atoms with E-state index < -0.39 is 0 Å². The number of rotatable bonds is 6. The number of aryl methyl sites for hydroxylation is 2. The molecule has 0 N–H and O–H groups in total. The quantitative estimate of drug-likeness (QED) is 0.742. The molecule has 0 radical (unpaired) electrons. The third-order valence-electron chi connectivity index (χ3n) is 4.39. The fourth-order valence-electron chi connectivity index (χ4n) is 3.20. The molecule has 1 saturated heterocycles. The van der Waals surface area contributed by atoms with Crippen LogP contribution in [0.25, 0.3) is 0 Å². The number of aromatic nitrogens is 4. The Morgan fingerprint density at radius 3 is 3.00 bits per heavy atom. The maximum atomic E-state index is 13.0. The number of ether oxygens (including phenoxy) is 1. The Morgan fingerprint density at radius 2 is 2.28 bits per heavy atom. The molecule has 1 atom stereocenters. The van der Waals surface area contributed by atoms with E-state index in [0.717, 1.165) is 25.1 Å². The van der Waals surface area contributed by atoms with Crippen LogP contribution in [0, 0.1) is 13.8 Å². The van der Waals surface area contributed by atoms with E-state index in [4.69, 9.17) is 9.26 Å². The van der Waals surface area contributed by atoms with Crippen LogP contribution in [0.4, 0.5) is 0 Å². The lowest BCUT2D eigenvalue weighted by Gasteiger charge is -2.31. The van der Waals surface area contributed by atoms with Crippen molar-refractivity contribution in [1.82, 2.24) is 24.8 Å². The number of hydrogen-bond acceptors (Lipinski definition) is 6. The van der Waals surface area contributed by atoms with Crippen molar-refractivity contribution >= 4 is 5.91 Å². The van der Waals surface area contributed by atoms with Gasteiger partial charge in [-0.25, -0.2) is 0 Å². The van der Waals surface area contributed by atoms with Crippen LogP contribution < -0.4 is 0 Å². The zero-order chi connectivity index (χ0) is 17.8. The molecule has 1 amide bonds. The zero-order valence-corrected chi connectivity index (χ0v) is 15.1. The number of carbonyl (C=O) groups excluding carboxylic acids is 1. The summed E-state index contributed by atoms with van der Waals surface area (Å²) in [4.78, 5) is 19.2. The topological polar surface area (TPSA) is 86.3 Å². The van der Waals surface area contributed by atoms with Gasteiger partial charge < -0.3 is 14.2 Å². The van der Waals surface area contributed by atoms with E-state index in [9.17, 15) is 4.79 Å². The summed E-state index contributed by atoms with van der Waals surface area (Å²) in [6.07, 6.45) is 1.89. The molecule has 0 aromatic carbocycles. The second-order valence-electron chi connectivity index (χ2n) is 6.35. The molecule has 136 valence electrons. The largest absolute Gasteiger partial charge is 0.380 e. The molecule has 0 bridgehead atoms. The first kappa shape index (κ1) is 17.6. The Kier molecular flexibility index (Phi) is 5.47. The van der Waals surface area contributed by atoms with E-state index in [0.29, 0.717) is 43.7 Å². The molecule has 1 aliphatic rings. The van der Waals surface area contributed by atoms with Gasteiger partial charge in [-0.3, -0.25) is 9.48 Å². The summed E-state index contributed by atoms with van der Waals surface area (Å²) in [7, 11) is 0. The van der Waals surface area contributed by atoms with Crippen LogP contribution in [-0.4, -0.2) is 57.0 Å². The summed E-state index contributed by atoms with van der Waals surface area (Å²) in [6.45, 7) is 8.74. The smallest absolute Gasteiger partial charge is 0.272 e. The molecule has 3 heterocycles. The van der Waals surface area contributed by atoms with Crippen molar-refractivity contribution in [2.75, 3.05) is 26.3 Å². The Bertz CT molecular complexity index is 724. The van der Waals surface area contributed by atoms with Gasteiger partial charge in [0.05, 0.1) is 18.8 Å². The summed E-state index contributed by atoms with van der Waals surface area (Å²) in [5, 5.41) is 8.45. The van der Waals surface area contributed by atoms with Gasteiger partial charge in [-0.1, -0.05) is 5.16 Å². The van der Waals surface area contributed by atoms with Crippen LogP contribution >= 0.6 is 0 Å². The molecule has 25 heavy (non-hydrogen) atoms. The molecular weight excluding hydrogens is 322 g/mol. The highest BCUT2D eigenvalue weighted by Gasteiger charge is 2.29. The molecule has 1 aliphatic heterocycles. The number of carbonyl (C=O) groups is 1. The lowest BCUT2D eigenvalue weighted by Crippen LogP contribution is -2.40. The van der Waals surface area contributed by atoms with E-state index in [1.54, 1.807) is 11.6 Å². The number of nitrogens with zero attached hydrogens (tertiary/aromatic N) is 5. The highest BCUT2D eigenvalue weighted by atomic mass is 16.5. The molecule has 0 spiro atoms. The van der Waals surface area contributed by atoms with Gasteiger partial charge >= 0.3 is 0 Å². The monoisotopic (exact) mass is 347 g/mol. The van der Waals surface area contributed by atoms with Crippen LogP contribution in [0.15, 0.2) is 10.6 Å². The highest BCUT2D eigenvalue weighted by Crippen LogP contribution is 2.26. The van der Waals surface area contributed by atoms with Gasteiger partial charge in [0.2, 0.25) is 5.89 Å². The molecular formula is C17H25N5O3. The predicted octanol–water partition coefficient (Wildman–Crippen LogP) is 1.94. The van der Waals surface area contributed by atoms with E-state index >= 15 is 0 Å². The zero-order valence-electron chi connectivity index (χ0n) is 15.1. The summed E-state index contributed by atoms with van der Waals surface area (Å²) >= 11 is 0. The number of hydrogen-bond donors (Lipinski definition) is 0. The van der Waals surface area contributed by atoms with Gasteiger partial charge in [-0.15, -0.1) is 0 Å². The van der Waals surface area contributed by atoms with E-state index in [1.165, 1.54) is 0 Å². The molecule has 0 aliphatic carbocycles. The van der Waals surface area contributed by atoms with Crippen LogP contribution in [-0.2, 0) is 11.3 Å². The SMILES string of the molecule is CCOCCn1nc(C)cc1C(=O)N1CCC[C@H](c2noc(C)n2)C1. The molecule has 0 unspecified atom stereocenters. The minimum absolute atomic E-state index is 0.00187. The molecule has 2 aromatic heterocycles. The predicted molar refractivity (Wildman–Crippen MR) is 90.4 cm³/mol. The van der Waals surface area contributed by atoms with Gasteiger partial charge in [0, 0.05) is 32.5 Å². The molecule has 1 fully saturated rings. The summed E-state index contributed by atoms with van der Waals surface area (Å²) in [6, 6.07) is 1.84. The van der Waals surface area contributed by atoms with Crippen LogP contribution in [0.5, 0.6) is 0 Å². The first-order chi connectivity index (χ1) is 12.1. The molecule has 8 nitrogen and oxygen atoms in total. The fourth-order valence-corrected chi connectivity index (χ4v) is 3.20. The lowest BCUT2D eigenvalue weighted by atomic mass is 9.97. The van der Waals surface area contributed by atoms with Crippen molar-refractivity contribution in [3.8, 4) is 0 Å². The number of piperidine rings is 1. The van der Waals surface area contributed by atoms with Gasteiger partial charge in [0.25, 0.3) is 5.91 Å². The fraction of sp³-hybridized carbons (Fsp3) is 0.647. The maximum absolute atomic E-state index is 13.0. The lowest BCUT2D eigenvalue weighted by molar-refractivity contribution is 0.0686. The first-order valence-corrected chi connectivity index (χ1v) is 8.80. The van der Waals surface area contributed by atoms with Gasteiger partial charge in [-0.05, 0) is 32.8 Å². The van der Waals surface area contributed by atoms with E-state index in [2.05, 4.69) is 15.2 Å². The van der Waals surface area contributed by atoms with Crippen molar-refractivity contribution < 1.29 is 14.1 Å². The highest BCUT2D eigenvalue weighted by molar-refractivity contribution is 5.92. The third kappa shape index (κ3) is 4.07. The second kappa shape index (κ2) is 7.77. The first-order valence-electron chi connectivity index (χ1n) is 8.80. The second-order valence-corrected chi connectivity index (χ2v) is 6.35. The van der Waals surface area contributed by atoms with Crippen LogP contribution in [0.1, 0.15) is 53.6 Å². The minimum Gasteiger partial charge on any atom is -0.380 e. The summed E-state index contributed by atoms with van der Waals surface area (Å²) < 4.78 is 12.2. The molecule has 3 rings (SSSR count). The summed E-state index contributed by atoms with van der Waals surface area (Å²) in [5.41, 5.74) is 1.45. The van der Waals surface area contributed by atoms with E-state index in [-0.39, 0.29) is 11.8 Å². The van der Waals surface area contributed by atoms with E-state index in [1.807, 2.05) is 24.8 Å². The molecule has 8 heteroatoms. The average molecular weight is 347 g/mol. The van der Waals surface area contributed by atoms with Crippen molar-refractivity contribution in [2.24, 2.45) is 0 Å².